The fourth-order valence-electron chi connectivity index (χ4n) is 4.75. The Kier molecular flexibility index (Phi) is 6.61. The molecular formula is C25H25ClFNO5. The van der Waals surface area contributed by atoms with Crippen molar-refractivity contribution in [3.63, 3.8) is 0 Å². The van der Waals surface area contributed by atoms with Gasteiger partial charge in [-0.3, -0.25) is 9.59 Å². The summed E-state index contributed by atoms with van der Waals surface area (Å²) in [5.41, 5.74) is 0.634. The number of aliphatic hydroxyl groups is 1. The quantitative estimate of drug-likeness (QED) is 0.364. The molecule has 2 aliphatic rings. The van der Waals surface area contributed by atoms with Crippen LogP contribution in [0.25, 0.3) is 5.76 Å². The van der Waals surface area contributed by atoms with Crippen molar-refractivity contribution in [1.29, 1.82) is 0 Å². The molecule has 174 valence electrons. The average molecular weight is 474 g/mol. The molecule has 0 radical (unpaired) electrons. The second-order valence-corrected chi connectivity index (χ2v) is 8.64. The lowest BCUT2D eigenvalue weighted by atomic mass is 9.91. The molecule has 1 heterocycles. The number of hydrogen-bond acceptors (Lipinski definition) is 5. The summed E-state index contributed by atoms with van der Waals surface area (Å²) in [5.74, 6) is -1.73. The molecule has 0 bridgehead atoms. The Morgan fingerprint density at radius 1 is 1.03 bits per heavy atom. The summed E-state index contributed by atoms with van der Waals surface area (Å²) in [4.78, 5) is 28.0. The first kappa shape index (κ1) is 23.1. The molecule has 1 saturated heterocycles. The fraction of sp³-hybridized carbons (Fsp3) is 0.360. The van der Waals surface area contributed by atoms with Gasteiger partial charge in [0.15, 0.2) is 0 Å². The van der Waals surface area contributed by atoms with Gasteiger partial charge in [-0.1, -0.05) is 43.0 Å². The largest absolute Gasteiger partial charge is 0.507 e. The molecule has 8 heteroatoms. The topological polar surface area (TPSA) is 76.1 Å². The molecule has 2 aromatic carbocycles. The van der Waals surface area contributed by atoms with E-state index in [1.807, 2.05) is 0 Å². The standard InChI is InChI=1S/C25H25ClFNO5/c1-32-19-13-20(33-2)18(26)12-17(19)23(29)21-22(14-8-10-15(27)11-9-14)28(25(31)24(21)30)16-6-4-3-5-7-16/h8-13,16,22,29H,3-7H2,1-2H3/b23-21+. The van der Waals surface area contributed by atoms with E-state index < -0.39 is 29.3 Å². The Balaban J connectivity index is 1.92. The van der Waals surface area contributed by atoms with Crippen molar-refractivity contribution >= 4 is 29.1 Å². The monoisotopic (exact) mass is 473 g/mol. The number of carbonyl (C=O) groups excluding carboxylic acids is 2. The van der Waals surface area contributed by atoms with Gasteiger partial charge in [0.25, 0.3) is 11.7 Å². The van der Waals surface area contributed by atoms with Crippen molar-refractivity contribution in [2.45, 2.75) is 44.2 Å². The molecule has 0 aromatic heterocycles. The van der Waals surface area contributed by atoms with Crippen LogP contribution in [0.15, 0.2) is 42.0 Å². The summed E-state index contributed by atoms with van der Waals surface area (Å²) in [7, 11) is 2.86. The number of carbonyl (C=O) groups is 2. The molecule has 4 rings (SSSR count). The normalized spacial score (nSPS) is 20.8. The highest BCUT2D eigenvalue weighted by molar-refractivity contribution is 6.46. The zero-order valence-electron chi connectivity index (χ0n) is 18.4. The number of aliphatic hydroxyl groups excluding tert-OH is 1. The van der Waals surface area contributed by atoms with Crippen LogP contribution < -0.4 is 9.47 Å². The molecule has 2 fully saturated rings. The number of ether oxygens (including phenoxy) is 2. The molecule has 1 aliphatic heterocycles. The third-order valence-electron chi connectivity index (χ3n) is 6.36. The number of ketones is 1. The number of methoxy groups -OCH3 is 2. The van der Waals surface area contributed by atoms with Gasteiger partial charge in [0.05, 0.1) is 36.4 Å². The number of halogens is 2. The van der Waals surface area contributed by atoms with Crippen LogP contribution in [-0.4, -0.2) is 42.0 Å². The van der Waals surface area contributed by atoms with Gasteiger partial charge < -0.3 is 19.5 Å². The lowest BCUT2D eigenvalue weighted by Gasteiger charge is -2.35. The van der Waals surface area contributed by atoms with E-state index in [4.69, 9.17) is 21.1 Å². The van der Waals surface area contributed by atoms with E-state index in [0.717, 1.165) is 32.1 Å². The molecular weight excluding hydrogens is 449 g/mol. The minimum absolute atomic E-state index is 0.0725. The maximum Gasteiger partial charge on any atom is 0.295 e. The van der Waals surface area contributed by atoms with Crippen LogP contribution >= 0.6 is 11.6 Å². The number of likely N-dealkylation sites (tertiary alicyclic amines) is 1. The van der Waals surface area contributed by atoms with Crippen LogP contribution in [0, 0.1) is 5.82 Å². The van der Waals surface area contributed by atoms with Gasteiger partial charge in [0.1, 0.15) is 23.1 Å². The highest BCUT2D eigenvalue weighted by Gasteiger charge is 2.49. The Hall–Kier alpha value is -3.06. The van der Waals surface area contributed by atoms with E-state index in [-0.39, 0.29) is 28.0 Å². The van der Waals surface area contributed by atoms with Gasteiger partial charge in [-0.05, 0) is 36.6 Å². The zero-order chi connectivity index (χ0) is 23.7. The molecule has 0 spiro atoms. The van der Waals surface area contributed by atoms with Crippen molar-refractivity contribution in [2.24, 2.45) is 0 Å². The molecule has 2 aromatic rings. The maximum atomic E-state index is 13.7. The van der Waals surface area contributed by atoms with Crippen LogP contribution in [-0.2, 0) is 9.59 Å². The highest BCUT2D eigenvalue weighted by Crippen LogP contribution is 2.45. The Labute approximate surface area is 196 Å². The molecule has 1 N–H and O–H groups in total. The van der Waals surface area contributed by atoms with Crippen molar-refractivity contribution in [3.8, 4) is 11.5 Å². The van der Waals surface area contributed by atoms with Crippen molar-refractivity contribution in [3.05, 3.63) is 63.9 Å². The lowest BCUT2D eigenvalue weighted by Crippen LogP contribution is -2.40. The summed E-state index contributed by atoms with van der Waals surface area (Å²) < 4.78 is 24.3. The highest BCUT2D eigenvalue weighted by atomic mass is 35.5. The summed E-state index contributed by atoms with van der Waals surface area (Å²) in [6.07, 6.45) is 4.51. The first-order valence-electron chi connectivity index (χ1n) is 10.8. The van der Waals surface area contributed by atoms with E-state index >= 15 is 0 Å². The van der Waals surface area contributed by atoms with E-state index in [0.29, 0.717) is 11.3 Å². The summed E-state index contributed by atoms with van der Waals surface area (Å²) in [6.45, 7) is 0. The Morgan fingerprint density at radius 3 is 2.27 bits per heavy atom. The minimum atomic E-state index is -0.848. The number of rotatable bonds is 5. The van der Waals surface area contributed by atoms with Crippen molar-refractivity contribution in [1.82, 2.24) is 4.90 Å². The summed E-state index contributed by atoms with van der Waals surface area (Å²) in [5, 5.41) is 11.5. The van der Waals surface area contributed by atoms with Crippen LogP contribution in [0.2, 0.25) is 5.02 Å². The van der Waals surface area contributed by atoms with Gasteiger partial charge in [-0.15, -0.1) is 0 Å². The molecule has 6 nitrogen and oxygen atoms in total. The van der Waals surface area contributed by atoms with Crippen molar-refractivity contribution in [2.75, 3.05) is 14.2 Å². The van der Waals surface area contributed by atoms with Crippen molar-refractivity contribution < 1.29 is 28.6 Å². The van der Waals surface area contributed by atoms with Crippen LogP contribution in [0.4, 0.5) is 4.39 Å². The first-order valence-corrected chi connectivity index (χ1v) is 11.2. The van der Waals surface area contributed by atoms with E-state index in [2.05, 4.69) is 0 Å². The Bertz CT molecular complexity index is 1110. The second-order valence-electron chi connectivity index (χ2n) is 8.24. The SMILES string of the molecule is COc1cc(OC)c(/C(O)=C2\C(=O)C(=O)N(C3CCCCC3)C2c2ccc(F)cc2)cc1Cl. The first-order chi connectivity index (χ1) is 15.9. The van der Waals surface area contributed by atoms with Crippen LogP contribution in [0.1, 0.15) is 49.3 Å². The minimum Gasteiger partial charge on any atom is -0.507 e. The van der Waals surface area contributed by atoms with Gasteiger partial charge in [0, 0.05) is 12.1 Å². The smallest absolute Gasteiger partial charge is 0.295 e. The van der Waals surface area contributed by atoms with Crippen LogP contribution in [0.3, 0.4) is 0 Å². The zero-order valence-corrected chi connectivity index (χ0v) is 19.2. The summed E-state index contributed by atoms with van der Waals surface area (Å²) >= 11 is 6.28. The van der Waals surface area contributed by atoms with E-state index in [1.165, 1.54) is 50.6 Å². The summed E-state index contributed by atoms with van der Waals surface area (Å²) in [6, 6.07) is 7.57. The number of hydrogen-bond donors (Lipinski definition) is 1. The Morgan fingerprint density at radius 2 is 1.67 bits per heavy atom. The van der Waals surface area contributed by atoms with Gasteiger partial charge in [0.2, 0.25) is 0 Å². The number of Topliss-reactive ketones (excluding diaryl/α,β-unsaturated/α-hetero) is 1. The predicted octanol–water partition coefficient (Wildman–Crippen LogP) is 5.25. The molecule has 1 saturated carbocycles. The maximum absolute atomic E-state index is 13.7. The second kappa shape index (κ2) is 9.43. The third-order valence-corrected chi connectivity index (χ3v) is 6.66. The molecule has 1 amide bonds. The van der Waals surface area contributed by atoms with E-state index in [1.54, 1.807) is 4.90 Å². The average Bonchev–Trinajstić information content (AvgIpc) is 3.10. The lowest BCUT2D eigenvalue weighted by molar-refractivity contribution is -0.141. The predicted molar refractivity (Wildman–Crippen MR) is 122 cm³/mol. The number of amides is 1. The third kappa shape index (κ3) is 4.17. The van der Waals surface area contributed by atoms with Gasteiger partial charge in [-0.2, -0.15) is 0 Å². The van der Waals surface area contributed by atoms with Crippen LogP contribution in [0.5, 0.6) is 11.5 Å². The molecule has 1 atom stereocenters. The van der Waals surface area contributed by atoms with E-state index in [9.17, 15) is 19.1 Å². The molecule has 1 unspecified atom stereocenters. The molecule has 1 aliphatic carbocycles. The van der Waals surface area contributed by atoms with Gasteiger partial charge in [-0.25, -0.2) is 4.39 Å². The number of benzene rings is 2. The molecule has 33 heavy (non-hydrogen) atoms. The fourth-order valence-corrected chi connectivity index (χ4v) is 4.99. The number of nitrogens with zero attached hydrogens (tertiary/aromatic N) is 1. The van der Waals surface area contributed by atoms with Gasteiger partial charge >= 0.3 is 0 Å².